The zero-order valence-corrected chi connectivity index (χ0v) is 12.3. The van der Waals surface area contributed by atoms with E-state index in [0.717, 1.165) is 5.56 Å². The van der Waals surface area contributed by atoms with Gasteiger partial charge in [-0.1, -0.05) is 32.0 Å². The van der Waals surface area contributed by atoms with Crippen molar-refractivity contribution < 1.29 is 19.1 Å². The Hall–Kier alpha value is -1.88. The zero-order chi connectivity index (χ0) is 15.1. The predicted octanol–water partition coefficient (Wildman–Crippen LogP) is 1.76. The molecular formula is C15H21NO4. The third-order valence-electron chi connectivity index (χ3n) is 3.06. The molecule has 0 amide bonds. The van der Waals surface area contributed by atoms with E-state index in [2.05, 4.69) is 5.32 Å². The second-order valence-electron chi connectivity index (χ2n) is 4.77. The molecule has 0 heterocycles. The van der Waals surface area contributed by atoms with Gasteiger partial charge in [-0.3, -0.25) is 4.79 Å². The minimum atomic E-state index is -0.411. The lowest BCUT2D eigenvalue weighted by Crippen LogP contribution is -2.41. The van der Waals surface area contributed by atoms with Crippen molar-refractivity contribution in [2.24, 2.45) is 5.92 Å². The van der Waals surface area contributed by atoms with Gasteiger partial charge in [0.25, 0.3) is 0 Å². The lowest BCUT2D eigenvalue weighted by molar-refractivity contribution is -0.144. The maximum atomic E-state index is 11.7. The average Bonchev–Trinajstić information content (AvgIpc) is 2.46. The van der Waals surface area contributed by atoms with Crippen molar-refractivity contribution >= 4 is 11.9 Å². The molecule has 1 aromatic carbocycles. The van der Waals surface area contributed by atoms with Crippen LogP contribution in [0, 0.1) is 5.92 Å². The van der Waals surface area contributed by atoms with Crippen LogP contribution in [0.4, 0.5) is 0 Å². The van der Waals surface area contributed by atoms with E-state index in [4.69, 9.17) is 9.47 Å². The summed E-state index contributed by atoms with van der Waals surface area (Å²) in [7, 11) is 2.71. The van der Waals surface area contributed by atoms with Crippen LogP contribution in [0.25, 0.3) is 0 Å². The molecule has 0 spiro atoms. The van der Waals surface area contributed by atoms with Crippen LogP contribution in [0.5, 0.6) is 0 Å². The van der Waals surface area contributed by atoms with Crippen LogP contribution >= 0.6 is 0 Å². The Morgan fingerprint density at radius 3 is 2.35 bits per heavy atom. The van der Waals surface area contributed by atoms with Crippen LogP contribution in [0.3, 0.4) is 0 Å². The fourth-order valence-corrected chi connectivity index (χ4v) is 1.92. The molecule has 1 rings (SSSR count). The molecule has 0 aliphatic heterocycles. The Balaban J connectivity index is 2.83. The molecule has 110 valence electrons. The highest BCUT2D eigenvalue weighted by molar-refractivity contribution is 5.91. The highest BCUT2D eigenvalue weighted by atomic mass is 16.5. The molecular weight excluding hydrogens is 258 g/mol. The molecule has 0 aliphatic carbocycles. The van der Waals surface area contributed by atoms with Crippen LogP contribution in [-0.4, -0.2) is 32.2 Å². The van der Waals surface area contributed by atoms with Gasteiger partial charge in [0, 0.05) is 6.54 Å². The number of nitrogens with one attached hydrogen (secondary N) is 1. The Morgan fingerprint density at radius 1 is 1.15 bits per heavy atom. The monoisotopic (exact) mass is 279 g/mol. The highest BCUT2D eigenvalue weighted by Crippen LogP contribution is 2.12. The van der Waals surface area contributed by atoms with Crippen molar-refractivity contribution in [3.05, 3.63) is 35.4 Å². The van der Waals surface area contributed by atoms with Gasteiger partial charge in [-0.05, 0) is 17.5 Å². The molecule has 5 heteroatoms. The number of methoxy groups -OCH3 is 2. The number of benzene rings is 1. The maximum absolute atomic E-state index is 11.7. The van der Waals surface area contributed by atoms with Crippen molar-refractivity contribution in [2.45, 2.75) is 26.4 Å². The third kappa shape index (κ3) is 4.06. The number of hydrogen-bond acceptors (Lipinski definition) is 5. The van der Waals surface area contributed by atoms with Gasteiger partial charge in [-0.25, -0.2) is 4.79 Å². The van der Waals surface area contributed by atoms with Crippen molar-refractivity contribution in [3.63, 3.8) is 0 Å². The van der Waals surface area contributed by atoms with E-state index in [9.17, 15) is 9.59 Å². The molecule has 0 bridgehead atoms. The van der Waals surface area contributed by atoms with Gasteiger partial charge in [-0.2, -0.15) is 0 Å². The summed E-state index contributed by atoms with van der Waals surface area (Å²) in [6.45, 7) is 4.25. The first kappa shape index (κ1) is 16.2. The lowest BCUT2D eigenvalue weighted by Gasteiger charge is -2.20. The second-order valence-corrected chi connectivity index (χ2v) is 4.77. The molecule has 0 aromatic heterocycles. The summed E-state index contributed by atoms with van der Waals surface area (Å²) in [6, 6.07) is 6.73. The Labute approximate surface area is 119 Å². The summed E-state index contributed by atoms with van der Waals surface area (Å²) in [5.74, 6) is -0.607. The van der Waals surface area contributed by atoms with Crippen molar-refractivity contribution in [1.82, 2.24) is 5.32 Å². The van der Waals surface area contributed by atoms with Crippen molar-refractivity contribution in [3.8, 4) is 0 Å². The molecule has 0 saturated carbocycles. The number of carbonyl (C=O) groups excluding carboxylic acids is 2. The molecule has 1 atom stereocenters. The number of esters is 2. The molecule has 5 nitrogen and oxygen atoms in total. The van der Waals surface area contributed by atoms with E-state index >= 15 is 0 Å². The SMILES string of the molecule is COC(=O)c1ccccc1CN[C@H](C(=O)OC)C(C)C. The molecule has 0 saturated heterocycles. The van der Waals surface area contributed by atoms with Crippen LogP contribution in [0.2, 0.25) is 0 Å². The first-order chi connectivity index (χ1) is 9.51. The van der Waals surface area contributed by atoms with E-state index in [1.165, 1.54) is 14.2 Å². The average molecular weight is 279 g/mol. The number of rotatable bonds is 6. The first-order valence-electron chi connectivity index (χ1n) is 6.48. The topological polar surface area (TPSA) is 64.6 Å². The Morgan fingerprint density at radius 2 is 1.80 bits per heavy atom. The molecule has 1 aromatic rings. The summed E-state index contributed by atoms with van der Waals surface area (Å²) in [5.41, 5.74) is 1.28. The van der Waals surface area contributed by atoms with Gasteiger partial charge in [0.2, 0.25) is 0 Å². The van der Waals surface area contributed by atoms with Crippen LogP contribution in [0.1, 0.15) is 29.8 Å². The zero-order valence-electron chi connectivity index (χ0n) is 12.3. The minimum Gasteiger partial charge on any atom is -0.468 e. The fraction of sp³-hybridized carbons (Fsp3) is 0.467. The van der Waals surface area contributed by atoms with Crippen LogP contribution in [-0.2, 0) is 20.8 Å². The maximum Gasteiger partial charge on any atom is 0.338 e. The van der Waals surface area contributed by atoms with Gasteiger partial charge < -0.3 is 14.8 Å². The van der Waals surface area contributed by atoms with Gasteiger partial charge in [0.1, 0.15) is 6.04 Å². The van der Waals surface area contributed by atoms with Gasteiger partial charge in [-0.15, -0.1) is 0 Å². The second kappa shape index (κ2) is 7.65. The number of ether oxygens (including phenoxy) is 2. The lowest BCUT2D eigenvalue weighted by atomic mass is 10.0. The number of hydrogen-bond donors (Lipinski definition) is 1. The molecule has 0 fully saturated rings. The molecule has 0 aliphatic rings. The summed E-state index contributed by atoms with van der Waals surface area (Å²) >= 11 is 0. The number of carbonyl (C=O) groups is 2. The molecule has 0 radical (unpaired) electrons. The highest BCUT2D eigenvalue weighted by Gasteiger charge is 2.23. The van der Waals surface area contributed by atoms with Crippen LogP contribution in [0.15, 0.2) is 24.3 Å². The van der Waals surface area contributed by atoms with E-state index in [0.29, 0.717) is 12.1 Å². The van der Waals surface area contributed by atoms with Crippen LogP contribution < -0.4 is 5.32 Å². The van der Waals surface area contributed by atoms with Gasteiger partial charge in [0.15, 0.2) is 0 Å². The summed E-state index contributed by atoms with van der Waals surface area (Å²) in [4.78, 5) is 23.3. The largest absolute Gasteiger partial charge is 0.468 e. The summed E-state index contributed by atoms with van der Waals surface area (Å²) < 4.78 is 9.51. The summed E-state index contributed by atoms with van der Waals surface area (Å²) in [5, 5.41) is 3.12. The van der Waals surface area contributed by atoms with E-state index in [1.807, 2.05) is 26.0 Å². The predicted molar refractivity (Wildman–Crippen MR) is 75.3 cm³/mol. The van der Waals surface area contributed by atoms with Gasteiger partial charge >= 0.3 is 11.9 Å². The van der Waals surface area contributed by atoms with Crippen molar-refractivity contribution in [1.29, 1.82) is 0 Å². The summed E-state index contributed by atoms with van der Waals surface area (Å²) in [6.07, 6.45) is 0. The van der Waals surface area contributed by atoms with Gasteiger partial charge in [0.05, 0.1) is 19.8 Å². The van der Waals surface area contributed by atoms with E-state index in [-0.39, 0.29) is 17.9 Å². The fourth-order valence-electron chi connectivity index (χ4n) is 1.92. The Kier molecular flexibility index (Phi) is 6.18. The minimum absolute atomic E-state index is 0.0905. The molecule has 0 unspecified atom stereocenters. The first-order valence-corrected chi connectivity index (χ1v) is 6.48. The van der Waals surface area contributed by atoms with E-state index in [1.54, 1.807) is 12.1 Å². The molecule has 1 N–H and O–H groups in total. The Bertz CT molecular complexity index is 471. The smallest absolute Gasteiger partial charge is 0.338 e. The quantitative estimate of drug-likeness (QED) is 0.804. The normalized spacial score (nSPS) is 12.1. The van der Waals surface area contributed by atoms with E-state index < -0.39 is 6.04 Å². The third-order valence-corrected chi connectivity index (χ3v) is 3.06. The standard InChI is InChI=1S/C15H21NO4/c1-10(2)13(15(18)20-4)16-9-11-7-5-6-8-12(11)14(17)19-3/h5-8,10,13,16H,9H2,1-4H3/t13-/m0/s1. The van der Waals surface area contributed by atoms with Crippen molar-refractivity contribution in [2.75, 3.05) is 14.2 Å². The molecule has 20 heavy (non-hydrogen) atoms.